The molecule has 22 heavy (non-hydrogen) atoms. The topological polar surface area (TPSA) is 59.5 Å². The third-order valence-electron chi connectivity index (χ3n) is 3.73. The van der Waals surface area contributed by atoms with Crippen LogP contribution in [0.15, 0.2) is 65.5 Å². The van der Waals surface area contributed by atoms with Gasteiger partial charge < -0.3 is 9.67 Å². The zero-order valence-corrected chi connectivity index (χ0v) is 11.7. The standard InChI is InChI=1S/C17H13N3O2/c21-15-10-16(22)20-14-9-5-4-8-13(14)19(17(20)18-15)11-12-6-2-1-3-7-12/h1-10,21H,11H2. The summed E-state index contributed by atoms with van der Waals surface area (Å²) in [4.78, 5) is 16.4. The van der Waals surface area contributed by atoms with E-state index in [1.165, 1.54) is 4.40 Å². The van der Waals surface area contributed by atoms with Crippen molar-refractivity contribution in [1.29, 1.82) is 0 Å². The van der Waals surface area contributed by atoms with Gasteiger partial charge in [-0.1, -0.05) is 42.5 Å². The van der Waals surface area contributed by atoms with Gasteiger partial charge in [0.2, 0.25) is 11.7 Å². The van der Waals surface area contributed by atoms with Crippen LogP contribution in [0.25, 0.3) is 16.8 Å². The van der Waals surface area contributed by atoms with Gasteiger partial charge in [0.05, 0.1) is 23.6 Å². The van der Waals surface area contributed by atoms with Crippen LogP contribution in [0.1, 0.15) is 5.56 Å². The molecular weight excluding hydrogens is 278 g/mol. The Balaban J connectivity index is 2.08. The fraction of sp³-hybridized carbons (Fsp3) is 0.0588. The normalized spacial score (nSPS) is 11.3. The minimum absolute atomic E-state index is 0.262. The average molecular weight is 291 g/mol. The Morgan fingerprint density at radius 3 is 2.41 bits per heavy atom. The molecule has 0 aliphatic rings. The van der Waals surface area contributed by atoms with Crippen LogP contribution in [0.5, 0.6) is 5.88 Å². The van der Waals surface area contributed by atoms with Gasteiger partial charge in [-0.25, -0.2) is 4.40 Å². The van der Waals surface area contributed by atoms with Gasteiger partial charge in [-0.05, 0) is 17.7 Å². The third kappa shape index (κ3) is 1.87. The lowest BCUT2D eigenvalue weighted by Gasteiger charge is -2.06. The number of benzene rings is 2. The molecule has 0 saturated carbocycles. The number of hydrogen-bond donors (Lipinski definition) is 1. The van der Waals surface area contributed by atoms with Crippen molar-refractivity contribution in [3.05, 3.63) is 76.6 Å². The highest BCUT2D eigenvalue weighted by Crippen LogP contribution is 2.20. The van der Waals surface area contributed by atoms with Crippen LogP contribution in [0.4, 0.5) is 0 Å². The lowest BCUT2D eigenvalue weighted by molar-refractivity contribution is 0.452. The average Bonchev–Trinajstić information content (AvgIpc) is 2.83. The van der Waals surface area contributed by atoms with E-state index in [2.05, 4.69) is 4.98 Å². The van der Waals surface area contributed by atoms with Crippen LogP contribution in [-0.4, -0.2) is 19.1 Å². The molecule has 4 aromatic rings. The molecule has 0 spiro atoms. The maximum Gasteiger partial charge on any atom is 0.263 e. The lowest BCUT2D eigenvalue weighted by atomic mass is 10.2. The summed E-state index contributed by atoms with van der Waals surface area (Å²) in [5, 5.41) is 9.69. The van der Waals surface area contributed by atoms with Gasteiger partial charge in [-0.2, -0.15) is 4.98 Å². The van der Waals surface area contributed by atoms with E-state index in [1.807, 2.05) is 59.2 Å². The minimum Gasteiger partial charge on any atom is -0.493 e. The van der Waals surface area contributed by atoms with Crippen molar-refractivity contribution in [2.24, 2.45) is 0 Å². The van der Waals surface area contributed by atoms with Gasteiger partial charge in [-0.3, -0.25) is 4.79 Å². The highest BCUT2D eigenvalue weighted by molar-refractivity contribution is 5.80. The van der Waals surface area contributed by atoms with Gasteiger partial charge in [0.1, 0.15) is 0 Å². The minimum atomic E-state index is -0.287. The lowest BCUT2D eigenvalue weighted by Crippen LogP contribution is -2.13. The van der Waals surface area contributed by atoms with Gasteiger partial charge >= 0.3 is 0 Å². The van der Waals surface area contributed by atoms with Gasteiger partial charge in [0.15, 0.2) is 0 Å². The first-order valence-corrected chi connectivity index (χ1v) is 6.98. The van der Waals surface area contributed by atoms with Crippen molar-refractivity contribution in [1.82, 2.24) is 14.0 Å². The fourth-order valence-corrected chi connectivity index (χ4v) is 2.78. The van der Waals surface area contributed by atoms with Crippen LogP contribution in [-0.2, 0) is 6.54 Å². The van der Waals surface area contributed by atoms with Crippen molar-refractivity contribution in [3.8, 4) is 5.88 Å². The molecule has 2 aromatic heterocycles. The maximum absolute atomic E-state index is 12.2. The summed E-state index contributed by atoms with van der Waals surface area (Å²) >= 11 is 0. The zero-order chi connectivity index (χ0) is 15.1. The van der Waals surface area contributed by atoms with Crippen molar-refractivity contribution in [2.45, 2.75) is 6.54 Å². The Hall–Kier alpha value is -3.08. The summed E-state index contributed by atoms with van der Waals surface area (Å²) in [7, 11) is 0. The molecule has 108 valence electrons. The molecule has 2 aromatic carbocycles. The van der Waals surface area contributed by atoms with Gasteiger partial charge in [-0.15, -0.1) is 0 Å². The molecule has 5 nitrogen and oxygen atoms in total. The second-order valence-electron chi connectivity index (χ2n) is 5.15. The molecule has 0 aliphatic carbocycles. The highest BCUT2D eigenvalue weighted by Gasteiger charge is 2.14. The van der Waals surface area contributed by atoms with Crippen molar-refractivity contribution in [2.75, 3.05) is 0 Å². The summed E-state index contributed by atoms with van der Waals surface area (Å²) in [5.74, 6) is 0.178. The number of para-hydroxylation sites is 2. The monoisotopic (exact) mass is 291 g/mol. The van der Waals surface area contributed by atoms with E-state index >= 15 is 0 Å². The second kappa shape index (κ2) is 4.73. The number of aromatic hydroxyl groups is 1. The van der Waals surface area contributed by atoms with E-state index in [4.69, 9.17) is 0 Å². The SMILES string of the molecule is O=c1cc(O)nc2n(Cc3ccccc3)c3ccccc3n12. The molecule has 0 fully saturated rings. The molecule has 5 heteroatoms. The Labute approximate surface area is 125 Å². The van der Waals surface area contributed by atoms with Crippen molar-refractivity contribution in [3.63, 3.8) is 0 Å². The predicted molar refractivity (Wildman–Crippen MR) is 84.2 cm³/mol. The number of fused-ring (bicyclic) bond motifs is 3. The van der Waals surface area contributed by atoms with Crippen LogP contribution >= 0.6 is 0 Å². The summed E-state index contributed by atoms with van der Waals surface area (Å²) in [6.45, 7) is 0.577. The van der Waals surface area contributed by atoms with Gasteiger partial charge in [0.25, 0.3) is 5.56 Å². The molecule has 0 radical (unpaired) electrons. The summed E-state index contributed by atoms with van der Waals surface area (Å²) in [6, 6.07) is 18.7. The van der Waals surface area contributed by atoms with E-state index in [0.29, 0.717) is 12.3 Å². The molecule has 4 rings (SSSR count). The van der Waals surface area contributed by atoms with E-state index in [-0.39, 0.29) is 11.4 Å². The van der Waals surface area contributed by atoms with E-state index in [9.17, 15) is 9.90 Å². The summed E-state index contributed by atoms with van der Waals surface area (Å²) < 4.78 is 3.46. The molecule has 0 unspecified atom stereocenters. The molecule has 0 saturated heterocycles. The van der Waals surface area contributed by atoms with Crippen molar-refractivity contribution >= 4 is 16.8 Å². The van der Waals surface area contributed by atoms with E-state index in [1.54, 1.807) is 0 Å². The molecule has 1 N–H and O–H groups in total. The highest BCUT2D eigenvalue weighted by atomic mass is 16.3. The first-order chi connectivity index (χ1) is 10.7. The van der Waals surface area contributed by atoms with Crippen LogP contribution in [0.3, 0.4) is 0 Å². The molecule has 2 heterocycles. The number of imidazole rings is 1. The maximum atomic E-state index is 12.2. The van der Waals surface area contributed by atoms with Crippen LogP contribution < -0.4 is 5.56 Å². The quantitative estimate of drug-likeness (QED) is 0.617. The molecule has 0 bridgehead atoms. The Morgan fingerprint density at radius 1 is 0.955 bits per heavy atom. The second-order valence-corrected chi connectivity index (χ2v) is 5.15. The largest absolute Gasteiger partial charge is 0.493 e. The Kier molecular flexibility index (Phi) is 2.72. The van der Waals surface area contributed by atoms with E-state index < -0.39 is 0 Å². The van der Waals surface area contributed by atoms with Crippen molar-refractivity contribution < 1.29 is 5.11 Å². The molecule has 0 amide bonds. The predicted octanol–water partition coefficient (Wildman–Crippen LogP) is 2.40. The molecular formula is C17H13N3O2. The zero-order valence-electron chi connectivity index (χ0n) is 11.7. The van der Waals surface area contributed by atoms with E-state index in [0.717, 1.165) is 22.7 Å². The van der Waals surface area contributed by atoms with Gasteiger partial charge in [0, 0.05) is 0 Å². The first-order valence-electron chi connectivity index (χ1n) is 6.98. The Bertz CT molecular complexity index is 1030. The Morgan fingerprint density at radius 2 is 1.64 bits per heavy atom. The molecule has 0 atom stereocenters. The number of hydrogen-bond acceptors (Lipinski definition) is 3. The summed E-state index contributed by atoms with van der Waals surface area (Å²) in [5.41, 5.74) is 2.50. The smallest absolute Gasteiger partial charge is 0.263 e. The number of rotatable bonds is 2. The summed E-state index contributed by atoms with van der Waals surface area (Å²) in [6.07, 6.45) is 0. The number of aromatic nitrogens is 3. The fourth-order valence-electron chi connectivity index (χ4n) is 2.78. The number of nitrogens with zero attached hydrogens (tertiary/aromatic N) is 3. The third-order valence-corrected chi connectivity index (χ3v) is 3.73. The van der Waals surface area contributed by atoms with Crippen LogP contribution in [0, 0.1) is 0 Å². The first kappa shape index (κ1) is 12.6. The van der Waals surface area contributed by atoms with Crippen LogP contribution in [0.2, 0.25) is 0 Å². The molecule has 0 aliphatic heterocycles.